The SMILES string of the molecule is CC(C)(Oc1ccc(Cl)cc1F)C(=N)N(C#N)C1C2CC3CC(C2)CC1C3. The fourth-order valence-corrected chi connectivity index (χ4v) is 5.91. The van der Waals surface area contributed by atoms with Crippen molar-refractivity contribution in [1.82, 2.24) is 4.90 Å². The highest BCUT2D eigenvalue weighted by atomic mass is 35.5. The van der Waals surface area contributed by atoms with E-state index in [2.05, 4.69) is 6.19 Å². The molecule has 4 aliphatic carbocycles. The number of nitrogens with one attached hydrogen (secondary N) is 1. The number of halogens is 2. The second-order valence-electron chi connectivity index (χ2n) is 8.93. The molecule has 1 N–H and O–H groups in total. The first kappa shape index (κ1) is 18.6. The van der Waals surface area contributed by atoms with Crippen molar-refractivity contribution in [2.75, 3.05) is 0 Å². The third-order valence-corrected chi connectivity index (χ3v) is 6.89. The van der Waals surface area contributed by atoms with Gasteiger partial charge in [-0.25, -0.2) is 4.39 Å². The number of amidine groups is 1. The molecule has 4 aliphatic rings. The van der Waals surface area contributed by atoms with Gasteiger partial charge in [0.25, 0.3) is 0 Å². The van der Waals surface area contributed by atoms with Gasteiger partial charge in [-0.3, -0.25) is 10.3 Å². The van der Waals surface area contributed by atoms with Crippen molar-refractivity contribution < 1.29 is 9.13 Å². The van der Waals surface area contributed by atoms with Gasteiger partial charge >= 0.3 is 0 Å². The number of rotatable bonds is 4. The van der Waals surface area contributed by atoms with Crippen molar-refractivity contribution in [3.8, 4) is 11.9 Å². The fourth-order valence-electron chi connectivity index (χ4n) is 5.76. The van der Waals surface area contributed by atoms with Crippen LogP contribution in [0.25, 0.3) is 0 Å². The molecule has 0 aromatic heterocycles. The summed E-state index contributed by atoms with van der Waals surface area (Å²) in [6.07, 6.45) is 8.25. The predicted molar refractivity (Wildman–Crippen MR) is 102 cm³/mol. The van der Waals surface area contributed by atoms with E-state index in [1.807, 2.05) is 0 Å². The lowest BCUT2D eigenvalue weighted by Gasteiger charge is -2.56. The van der Waals surface area contributed by atoms with Crippen molar-refractivity contribution in [1.29, 1.82) is 10.7 Å². The highest BCUT2D eigenvalue weighted by molar-refractivity contribution is 6.30. The summed E-state index contributed by atoms with van der Waals surface area (Å²) in [6, 6.07) is 4.29. The van der Waals surface area contributed by atoms with Crippen LogP contribution in [0.4, 0.5) is 4.39 Å². The van der Waals surface area contributed by atoms with Gasteiger partial charge in [0.1, 0.15) is 0 Å². The molecule has 0 saturated heterocycles. The summed E-state index contributed by atoms with van der Waals surface area (Å²) in [5, 5.41) is 18.9. The van der Waals surface area contributed by atoms with Gasteiger partial charge in [0.15, 0.2) is 29.2 Å². The van der Waals surface area contributed by atoms with E-state index < -0.39 is 11.4 Å². The second kappa shape index (κ2) is 6.67. The van der Waals surface area contributed by atoms with Gasteiger partial charge in [0.05, 0.1) is 6.04 Å². The van der Waals surface area contributed by atoms with Crippen LogP contribution >= 0.6 is 11.6 Å². The summed E-state index contributed by atoms with van der Waals surface area (Å²) in [5.41, 5.74) is -1.13. The molecule has 4 nitrogen and oxygen atoms in total. The Morgan fingerprint density at radius 3 is 2.33 bits per heavy atom. The minimum atomic E-state index is -1.13. The zero-order valence-corrected chi connectivity index (χ0v) is 16.5. The lowest BCUT2D eigenvalue weighted by Crippen LogP contribution is -2.59. The molecule has 1 aromatic carbocycles. The molecule has 4 saturated carbocycles. The van der Waals surface area contributed by atoms with E-state index in [1.54, 1.807) is 24.8 Å². The third-order valence-electron chi connectivity index (χ3n) is 6.65. The van der Waals surface area contributed by atoms with Gasteiger partial charge in [-0.2, -0.15) is 5.26 Å². The second-order valence-corrected chi connectivity index (χ2v) is 9.36. The Bertz CT molecular complexity index is 775. The Morgan fingerprint density at radius 1 is 1.22 bits per heavy atom. The van der Waals surface area contributed by atoms with Gasteiger partial charge in [-0.05, 0) is 87.8 Å². The Morgan fingerprint density at radius 2 is 1.81 bits per heavy atom. The Kier molecular flexibility index (Phi) is 4.58. The number of ether oxygens (including phenoxy) is 1. The molecule has 5 rings (SSSR count). The van der Waals surface area contributed by atoms with Gasteiger partial charge in [-0.1, -0.05) is 11.6 Å². The van der Waals surface area contributed by atoms with Crippen LogP contribution in [-0.2, 0) is 0 Å². The lowest BCUT2D eigenvalue weighted by atomic mass is 9.54. The molecular formula is C21H25ClFN3O. The van der Waals surface area contributed by atoms with Crippen molar-refractivity contribution in [2.24, 2.45) is 23.7 Å². The summed E-state index contributed by atoms with van der Waals surface area (Å²) in [7, 11) is 0. The van der Waals surface area contributed by atoms with Crippen molar-refractivity contribution in [3.05, 3.63) is 29.0 Å². The average molecular weight is 390 g/mol. The molecule has 6 heteroatoms. The van der Waals surface area contributed by atoms with Crippen LogP contribution in [0.3, 0.4) is 0 Å². The topological polar surface area (TPSA) is 60.1 Å². The molecule has 0 unspecified atom stereocenters. The highest BCUT2D eigenvalue weighted by Crippen LogP contribution is 2.55. The van der Waals surface area contributed by atoms with Gasteiger partial charge in [-0.15, -0.1) is 0 Å². The molecule has 0 spiro atoms. The maximum atomic E-state index is 14.2. The van der Waals surface area contributed by atoms with Crippen LogP contribution in [0.2, 0.25) is 5.02 Å². The minimum Gasteiger partial charge on any atom is -0.477 e. The number of hydrogen-bond acceptors (Lipinski definition) is 3. The van der Waals surface area contributed by atoms with Gasteiger partial charge in [0.2, 0.25) is 0 Å². The number of nitriles is 1. The average Bonchev–Trinajstić information content (AvgIpc) is 2.59. The molecule has 27 heavy (non-hydrogen) atoms. The first-order valence-corrected chi connectivity index (χ1v) is 10.1. The van der Waals surface area contributed by atoms with E-state index in [4.69, 9.17) is 21.7 Å². The van der Waals surface area contributed by atoms with Crippen LogP contribution in [-0.4, -0.2) is 22.4 Å². The standard InChI is InChI=1S/C21H25ClFN3O/c1-21(2,27-18-4-3-16(22)10-17(18)23)20(25)26(11-24)19-14-6-12-5-13(8-14)9-15(19)7-12/h3-4,10,12-15,19,25H,5-9H2,1-2H3. The first-order valence-electron chi connectivity index (χ1n) is 9.70. The minimum absolute atomic E-state index is 0.0390. The summed E-state index contributed by atoms with van der Waals surface area (Å²) in [4.78, 5) is 1.56. The lowest BCUT2D eigenvalue weighted by molar-refractivity contribution is -0.0357. The quantitative estimate of drug-likeness (QED) is 0.332. The van der Waals surface area contributed by atoms with Crippen LogP contribution in [0.1, 0.15) is 46.0 Å². The van der Waals surface area contributed by atoms with Crippen LogP contribution < -0.4 is 4.74 Å². The Labute approximate surface area is 164 Å². The molecule has 144 valence electrons. The zero-order chi connectivity index (χ0) is 19.3. The van der Waals surface area contributed by atoms with Crippen LogP contribution in [0.15, 0.2) is 18.2 Å². The molecule has 0 amide bonds. The fraction of sp³-hybridized carbons (Fsp3) is 0.619. The molecule has 0 aliphatic heterocycles. The largest absolute Gasteiger partial charge is 0.477 e. The Hall–Kier alpha value is -1.80. The summed E-state index contributed by atoms with van der Waals surface area (Å²) < 4.78 is 20.0. The molecule has 0 atom stereocenters. The normalized spacial score (nSPS) is 31.4. The maximum Gasteiger partial charge on any atom is 0.185 e. The highest BCUT2D eigenvalue weighted by Gasteiger charge is 2.52. The maximum absolute atomic E-state index is 14.2. The van der Waals surface area contributed by atoms with E-state index >= 15 is 0 Å². The summed E-state index contributed by atoms with van der Waals surface area (Å²) in [6.45, 7) is 3.42. The first-order chi connectivity index (χ1) is 12.8. The van der Waals surface area contributed by atoms with Gasteiger partial charge in [0, 0.05) is 5.02 Å². The number of nitrogens with zero attached hydrogens (tertiary/aromatic N) is 2. The molecule has 1 aromatic rings. The van der Waals surface area contributed by atoms with Crippen molar-refractivity contribution in [3.63, 3.8) is 0 Å². The van der Waals surface area contributed by atoms with E-state index in [0.29, 0.717) is 16.9 Å². The summed E-state index contributed by atoms with van der Waals surface area (Å²) in [5.74, 6) is 2.11. The molecular weight excluding hydrogens is 365 g/mol. The molecule has 0 heterocycles. The zero-order valence-electron chi connectivity index (χ0n) is 15.7. The molecule has 4 bridgehead atoms. The van der Waals surface area contributed by atoms with Crippen molar-refractivity contribution in [2.45, 2.75) is 57.6 Å². The van der Waals surface area contributed by atoms with E-state index in [0.717, 1.165) is 37.5 Å². The number of hydrogen-bond donors (Lipinski definition) is 1. The smallest absolute Gasteiger partial charge is 0.185 e. The molecule has 0 radical (unpaired) electrons. The predicted octanol–water partition coefficient (Wildman–Crippen LogP) is 5.22. The molecule has 4 fully saturated rings. The van der Waals surface area contributed by atoms with Crippen molar-refractivity contribution >= 4 is 17.4 Å². The summed E-state index contributed by atoms with van der Waals surface area (Å²) >= 11 is 5.81. The van der Waals surface area contributed by atoms with E-state index in [9.17, 15) is 9.65 Å². The number of benzene rings is 1. The van der Waals surface area contributed by atoms with Gasteiger partial charge < -0.3 is 4.74 Å². The van der Waals surface area contributed by atoms with Crippen LogP contribution in [0, 0.1) is 46.4 Å². The Balaban J connectivity index is 1.55. The monoisotopic (exact) mass is 389 g/mol. The third kappa shape index (κ3) is 3.29. The van der Waals surface area contributed by atoms with E-state index in [-0.39, 0.29) is 17.6 Å². The van der Waals surface area contributed by atoms with Crippen LogP contribution in [0.5, 0.6) is 5.75 Å². The van der Waals surface area contributed by atoms with E-state index in [1.165, 1.54) is 18.6 Å².